The van der Waals surface area contributed by atoms with E-state index in [9.17, 15) is 18.0 Å². The summed E-state index contributed by atoms with van der Waals surface area (Å²) in [6.07, 6.45) is -4.51. The van der Waals surface area contributed by atoms with E-state index in [1.165, 1.54) is 16.7 Å². The molecule has 0 amide bonds. The first-order valence-corrected chi connectivity index (χ1v) is 11.4. The van der Waals surface area contributed by atoms with Crippen molar-refractivity contribution >= 4 is 17.5 Å². The van der Waals surface area contributed by atoms with Crippen LogP contribution in [0.1, 0.15) is 21.7 Å². The summed E-state index contributed by atoms with van der Waals surface area (Å²) in [6, 6.07) is 20.5. The molecular weight excluding hydrogens is 479 g/mol. The zero-order valence-electron chi connectivity index (χ0n) is 18.5. The molecule has 180 valence electrons. The van der Waals surface area contributed by atoms with Crippen molar-refractivity contribution in [2.24, 2.45) is 0 Å². The van der Waals surface area contributed by atoms with Crippen molar-refractivity contribution in [3.63, 3.8) is 0 Å². The Bertz CT molecular complexity index is 1290. The minimum atomic E-state index is -4.51. The van der Waals surface area contributed by atoms with Gasteiger partial charge >= 0.3 is 6.18 Å². The first-order valence-electron chi connectivity index (χ1n) is 10.4. The third kappa shape index (κ3) is 6.02. The number of halogens is 3. The minimum Gasteiger partial charge on any atom is -0.497 e. The summed E-state index contributed by atoms with van der Waals surface area (Å²) >= 11 is 1.09. The van der Waals surface area contributed by atoms with Crippen LogP contribution in [0.2, 0.25) is 0 Å². The molecular formula is C25H20F3N3O3S. The molecule has 0 bridgehead atoms. The molecule has 0 radical (unpaired) electrons. The molecule has 0 aliphatic rings. The predicted octanol–water partition coefficient (Wildman–Crippen LogP) is 5.85. The topological polar surface area (TPSA) is 66.2 Å². The maximum absolute atomic E-state index is 13.4. The smallest absolute Gasteiger partial charge is 0.416 e. The normalized spacial score (nSPS) is 11.3. The summed E-state index contributed by atoms with van der Waals surface area (Å²) in [7, 11) is 1.55. The van der Waals surface area contributed by atoms with Gasteiger partial charge in [0.05, 0.1) is 24.1 Å². The molecule has 0 fully saturated rings. The van der Waals surface area contributed by atoms with Gasteiger partial charge in [-0.15, -0.1) is 10.2 Å². The number of hydrogen-bond donors (Lipinski definition) is 0. The van der Waals surface area contributed by atoms with Crippen LogP contribution in [0.4, 0.5) is 13.2 Å². The highest BCUT2D eigenvalue weighted by atomic mass is 32.2. The van der Waals surface area contributed by atoms with E-state index in [-0.39, 0.29) is 34.8 Å². The van der Waals surface area contributed by atoms with Gasteiger partial charge in [0.25, 0.3) is 0 Å². The molecule has 6 nitrogen and oxygen atoms in total. The Labute approximate surface area is 203 Å². The number of ketones is 1. The number of aromatic nitrogens is 3. The summed E-state index contributed by atoms with van der Waals surface area (Å²) in [5.74, 6) is 1.38. The number of hydrogen-bond acceptors (Lipinski definition) is 6. The Hall–Kier alpha value is -3.79. The van der Waals surface area contributed by atoms with Crippen molar-refractivity contribution in [2.75, 3.05) is 12.9 Å². The van der Waals surface area contributed by atoms with Crippen LogP contribution in [0, 0.1) is 0 Å². The number of benzene rings is 3. The van der Waals surface area contributed by atoms with Crippen molar-refractivity contribution < 1.29 is 27.4 Å². The zero-order valence-corrected chi connectivity index (χ0v) is 19.3. The molecule has 0 aliphatic heterocycles. The molecule has 0 saturated carbocycles. The van der Waals surface area contributed by atoms with Gasteiger partial charge in [0.2, 0.25) is 0 Å². The van der Waals surface area contributed by atoms with Crippen LogP contribution in [-0.4, -0.2) is 33.4 Å². The highest BCUT2D eigenvalue weighted by Crippen LogP contribution is 2.32. The maximum atomic E-state index is 13.4. The average Bonchev–Trinajstić information content (AvgIpc) is 3.29. The second kappa shape index (κ2) is 10.6. The molecule has 35 heavy (non-hydrogen) atoms. The van der Waals surface area contributed by atoms with Crippen LogP contribution in [0.15, 0.2) is 84.0 Å². The number of alkyl halides is 3. The number of carbonyl (C=O) groups is 1. The van der Waals surface area contributed by atoms with Crippen LogP contribution in [0.25, 0.3) is 5.69 Å². The lowest BCUT2D eigenvalue weighted by Crippen LogP contribution is -2.10. The van der Waals surface area contributed by atoms with Gasteiger partial charge in [-0.1, -0.05) is 48.2 Å². The number of rotatable bonds is 9. The van der Waals surface area contributed by atoms with Gasteiger partial charge in [-0.25, -0.2) is 0 Å². The van der Waals surface area contributed by atoms with Gasteiger partial charge in [0, 0.05) is 5.56 Å². The number of methoxy groups -OCH3 is 1. The number of thioether (sulfide) groups is 1. The van der Waals surface area contributed by atoms with Gasteiger partial charge in [-0.2, -0.15) is 13.2 Å². The van der Waals surface area contributed by atoms with Crippen molar-refractivity contribution in [3.05, 3.63) is 95.8 Å². The minimum absolute atomic E-state index is 0.0421. The van der Waals surface area contributed by atoms with Gasteiger partial charge in [-0.3, -0.25) is 9.36 Å². The van der Waals surface area contributed by atoms with Gasteiger partial charge in [-0.05, 0) is 42.5 Å². The molecule has 0 unspecified atom stereocenters. The van der Waals surface area contributed by atoms with Crippen molar-refractivity contribution in [2.45, 2.75) is 17.9 Å². The van der Waals surface area contributed by atoms with E-state index in [0.29, 0.717) is 17.1 Å². The van der Waals surface area contributed by atoms with E-state index in [2.05, 4.69) is 10.2 Å². The molecule has 4 aromatic rings. The highest BCUT2D eigenvalue weighted by molar-refractivity contribution is 7.99. The van der Waals surface area contributed by atoms with Crippen LogP contribution in [-0.2, 0) is 12.8 Å². The van der Waals surface area contributed by atoms with E-state index in [1.54, 1.807) is 55.6 Å². The third-order valence-corrected chi connectivity index (χ3v) is 5.92. The lowest BCUT2D eigenvalue weighted by molar-refractivity contribution is -0.137. The van der Waals surface area contributed by atoms with Gasteiger partial charge < -0.3 is 9.47 Å². The predicted molar refractivity (Wildman–Crippen MR) is 125 cm³/mol. The SMILES string of the molecule is COc1ccc(OCc2nnc(SCC(=O)c3ccccc3)n2-c2cccc(C(F)(F)F)c2)cc1. The van der Waals surface area contributed by atoms with Crippen molar-refractivity contribution in [1.82, 2.24) is 14.8 Å². The Balaban J connectivity index is 1.62. The number of ether oxygens (including phenoxy) is 2. The maximum Gasteiger partial charge on any atom is 0.416 e. The molecule has 0 atom stereocenters. The van der Waals surface area contributed by atoms with Crippen LogP contribution in [0.3, 0.4) is 0 Å². The van der Waals surface area contributed by atoms with Gasteiger partial charge in [0.1, 0.15) is 18.1 Å². The summed E-state index contributed by atoms with van der Waals surface area (Å²) < 4.78 is 52.5. The second-order valence-electron chi connectivity index (χ2n) is 7.32. The Morgan fingerprint density at radius 2 is 1.66 bits per heavy atom. The summed E-state index contributed by atoms with van der Waals surface area (Å²) in [6.45, 7) is -0.0528. The standard InChI is InChI=1S/C25H20F3N3O3S/c1-33-20-10-12-21(13-11-20)34-15-23-29-30-24(35-16-22(32)17-6-3-2-4-7-17)31(23)19-9-5-8-18(14-19)25(26,27)28/h2-14H,15-16H2,1H3. The fraction of sp³-hybridized carbons (Fsp3) is 0.160. The summed E-state index contributed by atoms with van der Waals surface area (Å²) in [5, 5.41) is 8.55. The fourth-order valence-corrected chi connectivity index (χ4v) is 4.09. The number of carbonyl (C=O) groups excluding carboxylic acids is 1. The molecule has 3 aromatic carbocycles. The lowest BCUT2D eigenvalue weighted by Gasteiger charge is -2.13. The molecule has 10 heteroatoms. The molecule has 4 rings (SSSR count). The molecule has 0 saturated heterocycles. The number of Topliss-reactive ketones (excluding diaryl/α,β-unsaturated/α-hetero) is 1. The quantitative estimate of drug-likeness (QED) is 0.213. The fourth-order valence-electron chi connectivity index (χ4n) is 3.23. The van der Waals surface area contributed by atoms with Gasteiger partial charge in [0.15, 0.2) is 16.8 Å². The Kier molecular flexibility index (Phi) is 7.40. The van der Waals surface area contributed by atoms with Crippen LogP contribution in [0.5, 0.6) is 11.5 Å². The van der Waals surface area contributed by atoms with Crippen molar-refractivity contribution in [1.29, 1.82) is 0 Å². The Morgan fingerprint density at radius 1 is 0.943 bits per heavy atom. The lowest BCUT2D eigenvalue weighted by atomic mass is 10.2. The van der Waals surface area contributed by atoms with E-state index in [0.717, 1.165) is 23.9 Å². The second-order valence-corrected chi connectivity index (χ2v) is 8.27. The van der Waals surface area contributed by atoms with Crippen molar-refractivity contribution in [3.8, 4) is 17.2 Å². The van der Waals surface area contributed by atoms with E-state index in [4.69, 9.17) is 9.47 Å². The monoisotopic (exact) mass is 499 g/mol. The average molecular weight is 500 g/mol. The molecule has 1 heterocycles. The molecule has 0 aliphatic carbocycles. The first kappa shape index (κ1) is 24.3. The summed E-state index contributed by atoms with van der Waals surface area (Å²) in [4.78, 5) is 12.6. The molecule has 0 spiro atoms. The van der Waals surface area contributed by atoms with E-state index >= 15 is 0 Å². The van der Waals surface area contributed by atoms with Crippen LogP contribution < -0.4 is 9.47 Å². The van der Waals surface area contributed by atoms with Crippen LogP contribution >= 0.6 is 11.8 Å². The van der Waals surface area contributed by atoms with E-state index < -0.39 is 11.7 Å². The largest absolute Gasteiger partial charge is 0.497 e. The Morgan fingerprint density at radius 3 is 2.34 bits per heavy atom. The van der Waals surface area contributed by atoms with E-state index in [1.807, 2.05) is 6.07 Å². The highest BCUT2D eigenvalue weighted by Gasteiger charge is 2.31. The summed E-state index contributed by atoms with van der Waals surface area (Å²) in [5.41, 5.74) is -0.0527. The molecule has 1 aromatic heterocycles. The third-order valence-electron chi connectivity index (χ3n) is 4.99. The number of nitrogens with zero attached hydrogens (tertiary/aromatic N) is 3. The molecule has 0 N–H and O–H groups in total. The zero-order chi connectivity index (χ0) is 24.8. The first-order chi connectivity index (χ1) is 16.8.